The number of amides is 1. The third-order valence-corrected chi connectivity index (χ3v) is 2.21. The second-order valence-electron chi connectivity index (χ2n) is 3.43. The summed E-state index contributed by atoms with van der Waals surface area (Å²) in [6.45, 7) is 0.442. The van der Waals surface area contributed by atoms with Crippen LogP contribution in [-0.2, 0) is 6.42 Å². The van der Waals surface area contributed by atoms with Gasteiger partial charge >= 0.3 is 0 Å². The maximum atomic E-state index is 12.6. The number of halogens is 1. The summed E-state index contributed by atoms with van der Waals surface area (Å²) in [5.74, 6) is -0.611. The maximum absolute atomic E-state index is 12.6. The minimum atomic E-state index is -0.339. The molecule has 0 radical (unpaired) electrons. The maximum Gasteiger partial charge on any atom is 0.275 e. The molecular weight excluding hydrogens is 225 g/mol. The topological polar surface area (TPSA) is 68.0 Å². The molecule has 6 heteroatoms. The van der Waals surface area contributed by atoms with E-state index >= 15 is 0 Å². The molecule has 0 aliphatic carbocycles. The van der Waals surface area contributed by atoms with E-state index in [0.29, 0.717) is 13.0 Å². The SMILES string of the molecule is O=C(NCCc1ccc(F)cc1)c1cnon1. The number of nitrogens with zero attached hydrogens (tertiary/aromatic N) is 2. The normalized spacial score (nSPS) is 10.2. The first-order valence-corrected chi connectivity index (χ1v) is 5.06. The van der Waals surface area contributed by atoms with Crippen LogP contribution in [-0.4, -0.2) is 22.8 Å². The molecule has 0 atom stereocenters. The molecule has 2 aromatic rings. The lowest BCUT2D eigenvalue weighted by atomic mass is 10.1. The van der Waals surface area contributed by atoms with Crippen LogP contribution in [0.5, 0.6) is 0 Å². The van der Waals surface area contributed by atoms with E-state index in [1.807, 2.05) is 0 Å². The van der Waals surface area contributed by atoms with Gasteiger partial charge in [0.1, 0.15) is 12.0 Å². The second-order valence-corrected chi connectivity index (χ2v) is 3.43. The van der Waals surface area contributed by atoms with Crippen LogP contribution < -0.4 is 5.32 Å². The van der Waals surface area contributed by atoms with Gasteiger partial charge in [-0.2, -0.15) is 0 Å². The van der Waals surface area contributed by atoms with E-state index in [-0.39, 0.29) is 17.4 Å². The molecule has 0 saturated carbocycles. The van der Waals surface area contributed by atoms with Crippen LogP contribution in [0.1, 0.15) is 16.1 Å². The first-order valence-electron chi connectivity index (χ1n) is 5.06. The molecule has 5 nitrogen and oxygen atoms in total. The monoisotopic (exact) mass is 235 g/mol. The first-order chi connectivity index (χ1) is 8.25. The Bertz CT molecular complexity index is 482. The van der Waals surface area contributed by atoms with E-state index < -0.39 is 0 Å². The number of aromatic nitrogens is 2. The van der Waals surface area contributed by atoms with Crippen molar-refractivity contribution in [1.82, 2.24) is 15.6 Å². The summed E-state index contributed by atoms with van der Waals surface area (Å²) in [5, 5.41) is 9.39. The van der Waals surface area contributed by atoms with E-state index in [2.05, 4.69) is 20.3 Å². The Kier molecular flexibility index (Phi) is 3.44. The number of carbonyl (C=O) groups excluding carboxylic acids is 1. The fourth-order valence-electron chi connectivity index (χ4n) is 1.33. The molecule has 88 valence electrons. The van der Waals surface area contributed by atoms with E-state index in [0.717, 1.165) is 5.56 Å². The first kappa shape index (κ1) is 11.3. The highest BCUT2D eigenvalue weighted by atomic mass is 19.1. The molecule has 2 rings (SSSR count). The van der Waals surface area contributed by atoms with Crippen LogP contribution in [0.4, 0.5) is 4.39 Å². The minimum absolute atomic E-state index is 0.143. The van der Waals surface area contributed by atoms with Crippen molar-refractivity contribution < 1.29 is 13.8 Å². The zero-order chi connectivity index (χ0) is 12.1. The van der Waals surface area contributed by atoms with Crippen molar-refractivity contribution in [2.45, 2.75) is 6.42 Å². The van der Waals surface area contributed by atoms with E-state index in [9.17, 15) is 9.18 Å². The van der Waals surface area contributed by atoms with Gasteiger partial charge < -0.3 is 5.32 Å². The molecule has 0 saturated heterocycles. The average Bonchev–Trinajstić information content (AvgIpc) is 2.85. The minimum Gasteiger partial charge on any atom is -0.350 e. The highest BCUT2D eigenvalue weighted by Crippen LogP contribution is 2.02. The predicted octanol–water partition coefficient (Wildman–Crippen LogP) is 1.18. The van der Waals surface area contributed by atoms with Crippen molar-refractivity contribution >= 4 is 5.91 Å². The van der Waals surface area contributed by atoms with Crippen molar-refractivity contribution in [2.75, 3.05) is 6.54 Å². The molecule has 1 aromatic heterocycles. The summed E-state index contributed by atoms with van der Waals surface area (Å²) >= 11 is 0. The number of hydrogen-bond donors (Lipinski definition) is 1. The molecule has 1 aromatic carbocycles. The fourth-order valence-corrected chi connectivity index (χ4v) is 1.33. The Morgan fingerprint density at radius 2 is 2.12 bits per heavy atom. The fraction of sp³-hybridized carbons (Fsp3) is 0.182. The average molecular weight is 235 g/mol. The summed E-state index contributed by atoms with van der Waals surface area (Å²) in [4.78, 5) is 11.4. The van der Waals surface area contributed by atoms with Crippen LogP contribution >= 0.6 is 0 Å². The number of nitrogens with one attached hydrogen (secondary N) is 1. The lowest BCUT2D eigenvalue weighted by Crippen LogP contribution is -2.25. The third-order valence-electron chi connectivity index (χ3n) is 2.21. The van der Waals surface area contributed by atoms with E-state index in [4.69, 9.17) is 0 Å². The van der Waals surface area contributed by atoms with Gasteiger partial charge in [0, 0.05) is 6.54 Å². The second kappa shape index (κ2) is 5.20. The zero-order valence-corrected chi connectivity index (χ0v) is 8.89. The molecule has 0 aliphatic heterocycles. The highest BCUT2D eigenvalue weighted by molar-refractivity contribution is 5.91. The Labute approximate surface area is 96.6 Å². The molecule has 0 bridgehead atoms. The number of hydrogen-bond acceptors (Lipinski definition) is 4. The molecule has 1 amide bonds. The molecule has 17 heavy (non-hydrogen) atoms. The Morgan fingerprint density at radius 1 is 1.35 bits per heavy atom. The molecular formula is C11H10FN3O2. The summed E-state index contributed by atoms with van der Waals surface area (Å²) in [6.07, 6.45) is 1.87. The Balaban J connectivity index is 1.80. The molecule has 1 N–H and O–H groups in total. The molecule has 0 fully saturated rings. The van der Waals surface area contributed by atoms with Crippen molar-refractivity contribution in [3.8, 4) is 0 Å². The number of rotatable bonds is 4. The largest absolute Gasteiger partial charge is 0.350 e. The summed E-state index contributed by atoms with van der Waals surface area (Å²) in [5.41, 5.74) is 1.09. The van der Waals surface area contributed by atoms with Gasteiger partial charge in [0.2, 0.25) is 0 Å². The van der Waals surface area contributed by atoms with Gasteiger partial charge in [-0.3, -0.25) is 4.79 Å². The van der Waals surface area contributed by atoms with Crippen LogP contribution in [0.25, 0.3) is 0 Å². The van der Waals surface area contributed by atoms with Crippen molar-refractivity contribution in [2.24, 2.45) is 0 Å². The van der Waals surface area contributed by atoms with Crippen LogP contribution in [0.3, 0.4) is 0 Å². The predicted molar refractivity (Wildman–Crippen MR) is 56.7 cm³/mol. The van der Waals surface area contributed by atoms with Gasteiger partial charge in [0.25, 0.3) is 5.91 Å². The molecule has 0 unspecified atom stereocenters. The third kappa shape index (κ3) is 3.10. The van der Waals surface area contributed by atoms with Gasteiger partial charge in [-0.1, -0.05) is 17.3 Å². The zero-order valence-electron chi connectivity index (χ0n) is 8.89. The Hall–Kier alpha value is -2.24. The summed E-state index contributed by atoms with van der Waals surface area (Å²) in [7, 11) is 0. The van der Waals surface area contributed by atoms with Gasteiger partial charge in [0.15, 0.2) is 5.69 Å². The molecule has 1 heterocycles. The van der Waals surface area contributed by atoms with Gasteiger partial charge in [0.05, 0.1) is 0 Å². The van der Waals surface area contributed by atoms with Crippen molar-refractivity contribution in [3.05, 3.63) is 47.5 Å². The van der Waals surface area contributed by atoms with E-state index in [1.54, 1.807) is 12.1 Å². The van der Waals surface area contributed by atoms with Gasteiger partial charge in [-0.15, -0.1) is 0 Å². The lowest BCUT2D eigenvalue weighted by molar-refractivity contribution is 0.0944. The van der Waals surface area contributed by atoms with Crippen molar-refractivity contribution in [1.29, 1.82) is 0 Å². The quantitative estimate of drug-likeness (QED) is 0.864. The van der Waals surface area contributed by atoms with Crippen LogP contribution in [0.2, 0.25) is 0 Å². The number of carbonyl (C=O) groups is 1. The smallest absolute Gasteiger partial charge is 0.275 e. The Morgan fingerprint density at radius 3 is 2.76 bits per heavy atom. The molecule has 0 aliphatic rings. The number of benzene rings is 1. The molecule has 0 spiro atoms. The highest BCUT2D eigenvalue weighted by Gasteiger charge is 2.08. The van der Waals surface area contributed by atoms with Gasteiger partial charge in [-0.05, 0) is 29.3 Å². The van der Waals surface area contributed by atoms with Crippen molar-refractivity contribution in [3.63, 3.8) is 0 Å². The van der Waals surface area contributed by atoms with Crippen LogP contribution in [0.15, 0.2) is 35.1 Å². The standard InChI is InChI=1S/C11H10FN3O2/c12-9-3-1-8(2-4-9)5-6-13-11(16)10-7-14-17-15-10/h1-4,7H,5-6H2,(H,13,16). The van der Waals surface area contributed by atoms with Gasteiger partial charge in [-0.25, -0.2) is 9.02 Å². The lowest BCUT2D eigenvalue weighted by Gasteiger charge is -2.02. The van der Waals surface area contributed by atoms with Crippen LogP contribution in [0, 0.1) is 5.82 Å². The van der Waals surface area contributed by atoms with E-state index in [1.165, 1.54) is 18.3 Å². The summed E-state index contributed by atoms with van der Waals surface area (Å²) in [6, 6.07) is 6.13. The summed E-state index contributed by atoms with van der Waals surface area (Å²) < 4.78 is 16.9.